The largest absolute Gasteiger partial charge is 0.337 e. The van der Waals surface area contributed by atoms with Gasteiger partial charge in [-0.2, -0.15) is 0 Å². The third-order valence-electron chi connectivity index (χ3n) is 5.17. The molecule has 5 nitrogen and oxygen atoms in total. The number of carbonyl (C=O) groups excluding carboxylic acids is 1. The molecule has 0 unspecified atom stereocenters. The molecule has 2 aromatic rings. The molecule has 1 amide bonds. The summed E-state index contributed by atoms with van der Waals surface area (Å²) in [6.07, 6.45) is 2.42. The number of nitrogens with one attached hydrogen (secondary N) is 1. The van der Waals surface area contributed by atoms with Gasteiger partial charge in [-0.25, -0.2) is 13.1 Å². The first-order valence-electron chi connectivity index (χ1n) is 9.67. The number of carbonyl (C=O) groups is 1. The zero-order chi connectivity index (χ0) is 20.3. The average Bonchev–Trinajstić information content (AvgIpc) is 3.02. The van der Waals surface area contributed by atoms with Crippen molar-refractivity contribution in [3.8, 4) is 11.1 Å². The molecule has 0 radical (unpaired) electrons. The van der Waals surface area contributed by atoms with Gasteiger partial charge in [0.15, 0.2) is 0 Å². The molecule has 1 N–H and O–H groups in total. The fraction of sp³-hybridized carbons (Fsp3) is 0.409. The molecule has 0 aliphatic carbocycles. The van der Waals surface area contributed by atoms with Crippen LogP contribution >= 0.6 is 0 Å². The fourth-order valence-corrected chi connectivity index (χ4v) is 4.70. The van der Waals surface area contributed by atoms with Gasteiger partial charge in [-0.1, -0.05) is 68.4 Å². The van der Waals surface area contributed by atoms with Crippen molar-refractivity contribution in [3.63, 3.8) is 0 Å². The molecule has 1 saturated heterocycles. The van der Waals surface area contributed by atoms with Crippen molar-refractivity contribution >= 4 is 15.9 Å². The summed E-state index contributed by atoms with van der Waals surface area (Å²) in [6, 6.07) is 17.9. The molecule has 0 aromatic heterocycles. The smallest absolute Gasteiger partial charge is 0.225 e. The van der Waals surface area contributed by atoms with Crippen LogP contribution in [0.15, 0.2) is 54.6 Å². The van der Waals surface area contributed by atoms with E-state index in [4.69, 9.17) is 0 Å². The highest BCUT2D eigenvalue weighted by Gasteiger charge is 2.38. The summed E-state index contributed by atoms with van der Waals surface area (Å²) in [5.74, 6) is -0.0443. The van der Waals surface area contributed by atoms with E-state index < -0.39 is 10.0 Å². The van der Waals surface area contributed by atoms with E-state index in [2.05, 4.69) is 29.0 Å². The van der Waals surface area contributed by atoms with Crippen molar-refractivity contribution in [2.75, 3.05) is 12.8 Å². The van der Waals surface area contributed by atoms with Crippen LogP contribution in [0.5, 0.6) is 0 Å². The molecule has 28 heavy (non-hydrogen) atoms. The van der Waals surface area contributed by atoms with E-state index in [1.807, 2.05) is 49.1 Å². The summed E-state index contributed by atoms with van der Waals surface area (Å²) in [5.41, 5.74) is 3.34. The van der Waals surface area contributed by atoms with Crippen LogP contribution in [0.3, 0.4) is 0 Å². The van der Waals surface area contributed by atoms with Crippen LogP contribution in [0.1, 0.15) is 25.8 Å². The van der Waals surface area contributed by atoms with Gasteiger partial charge in [-0.15, -0.1) is 0 Å². The van der Waals surface area contributed by atoms with Crippen molar-refractivity contribution in [3.05, 3.63) is 60.2 Å². The van der Waals surface area contributed by atoms with Gasteiger partial charge in [0, 0.05) is 18.5 Å². The Bertz CT molecular complexity index is 926. The van der Waals surface area contributed by atoms with Crippen LogP contribution in [0.2, 0.25) is 0 Å². The lowest BCUT2D eigenvalue weighted by molar-refractivity contribution is -0.135. The van der Waals surface area contributed by atoms with E-state index in [9.17, 15) is 13.2 Å². The Morgan fingerprint density at radius 2 is 1.79 bits per heavy atom. The Morgan fingerprint density at radius 1 is 1.11 bits per heavy atom. The number of likely N-dealkylation sites (tertiary alicyclic amines) is 1. The standard InChI is InChI=1S/C22H28N2O3S/c1-16(2)22(25)24-13-12-20(23-28(3,26)27)21(24)15-17-8-7-11-19(14-17)18-9-5-4-6-10-18/h4-11,14,16,20-21,23H,12-13,15H2,1-3H3/t20-,21-/m0/s1. The molecular formula is C22H28N2O3S. The molecule has 150 valence electrons. The second-order valence-electron chi connectivity index (χ2n) is 7.81. The predicted octanol–water partition coefficient (Wildman–Crippen LogP) is 3.07. The molecule has 2 atom stereocenters. The van der Waals surface area contributed by atoms with Crippen molar-refractivity contribution in [2.24, 2.45) is 5.92 Å². The van der Waals surface area contributed by atoms with E-state index in [1.165, 1.54) is 6.26 Å². The lowest BCUT2D eigenvalue weighted by atomic mass is 9.96. The fourth-order valence-electron chi connectivity index (χ4n) is 3.87. The number of nitrogens with zero attached hydrogens (tertiary/aromatic N) is 1. The van der Waals surface area contributed by atoms with Gasteiger partial charge in [0.2, 0.25) is 15.9 Å². The Balaban J connectivity index is 1.88. The maximum Gasteiger partial charge on any atom is 0.225 e. The van der Waals surface area contributed by atoms with Crippen LogP contribution in [-0.4, -0.2) is 44.1 Å². The topological polar surface area (TPSA) is 66.5 Å². The second kappa shape index (κ2) is 8.45. The quantitative estimate of drug-likeness (QED) is 0.810. The molecule has 1 heterocycles. The Hall–Kier alpha value is -2.18. The van der Waals surface area contributed by atoms with Gasteiger partial charge in [0.1, 0.15) is 0 Å². The molecular weight excluding hydrogens is 372 g/mol. The first-order valence-corrected chi connectivity index (χ1v) is 11.6. The van der Waals surface area contributed by atoms with E-state index in [0.717, 1.165) is 16.7 Å². The van der Waals surface area contributed by atoms with Crippen molar-refractivity contribution in [1.29, 1.82) is 0 Å². The van der Waals surface area contributed by atoms with Crippen molar-refractivity contribution in [1.82, 2.24) is 9.62 Å². The summed E-state index contributed by atoms with van der Waals surface area (Å²) in [7, 11) is -3.34. The average molecular weight is 401 g/mol. The Kier molecular flexibility index (Phi) is 6.20. The molecule has 3 rings (SSSR count). The minimum absolute atomic E-state index is 0.0713. The van der Waals surface area contributed by atoms with Crippen LogP contribution < -0.4 is 4.72 Å². The van der Waals surface area contributed by atoms with Gasteiger partial charge in [-0.05, 0) is 29.5 Å². The van der Waals surface area contributed by atoms with E-state index in [-0.39, 0.29) is 23.9 Å². The number of amides is 1. The van der Waals surface area contributed by atoms with E-state index in [0.29, 0.717) is 19.4 Å². The van der Waals surface area contributed by atoms with Crippen LogP contribution in [-0.2, 0) is 21.2 Å². The number of benzene rings is 2. The van der Waals surface area contributed by atoms with Crippen molar-refractivity contribution in [2.45, 2.75) is 38.8 Å². The molecule has 2 aromatic carbocycles. The first kappa shape index (κ1) is 20.6. The molecule has 6 heteroatoms. The maximum atomic E-state index is 12.7. The van der Waals surface area contributed by atoms with Crippen LogP contribution in [0, 0.1) is 5.92 Å². The van der Waals surface area contributed by atoms with Gasteiger partial charge in [0.25, 0.3) is 0 Å². The highest BCUT2D eigenvalue weighted by molar-refractivity contribution is 7.88. The van der Waals surface area contributed by atoms with Crippen molar-refractivity contribution < 1.29 is 13.2 Å². The minimum atomic E-state index is -3.34. The zero-order valence-corrected chi connectivity index (χ0v) is 17.4. The summed E-state index contributed by atoms with van der Waals surface area (Å²) in [6.45, 7) is 4.34. The van der Waals surface area contributed by atoms with E-state index in [1.54, 1.807) is 0 Å². The third-order valence-corrected chi connectivity index (χ3v) is 5.90. The lowest BCUT2D eigenvalue weighted by Crippen LogP contribution is -2.48. The lowest BCUT2D eigenvalue weighted by Gasteiger charge is -2.30. The molecule has 0 saturated carbocycles. The Labute approximate surface area is 167 Å². The van der Waals surface area contributed by atoms with E-state index >= 15 is 0 Å². The van der Waals surface area contributed by atoms with Gasteiger partial charge in [0.05, 0.1) is 12.3 Å². The molecule has 1 fully saturated rings. The summed E-state index contributed by atoms with van der Waals surface area (Å²) in [4.78, 5) is 14.5. The maximum absolute atomic E-state index is 12.7. The third kappa shape index (κ3) is 5.00. The zero-order valence-electron chi connectivity index (χ0n) is 16.6. The van der Waals surface area contributed by atoms with Crippen LogP contribution in [0.25, 0.3) is 11.1 Å². The van der Waals surface area contributed by atoms with Crippen LogP contribution in [0.4, 0.5) is 0 Å². The number of hydrogen-bond donors (Lipinski definition) is 1. The first-order chi connectivity index (χ1) is 13.2. The Morgan fingerprint density at radius 3 is 2.43 bits per heavy atom. The monoisotopic (exact) mass is 400 g/mol. The number of rotatable bonds is 6. The number of hydrogen-bond acceptors (Lipinski definition) is 3. The molecule has 0 bridgehead atoms. The van der Waals surface area contributed by atoms with Gasteiger partial charge < -0.3 is 4.90 Å². The summed E-state index contributed by atoms with van der Waals surface area (Å²) in [5, 5.41) is 0. The number of sulfonamides is 1. The molecule has 1 aliphatic rings. The second-order valence-corrected chi connectivity index (χ2v) is 9.59. The summed E-state index contributed by atoms with van der Waals surface area (Å²) >= 11 is 0. The minimum Gasteiger partial charge on any atom is -0.337 e. The highest BCUT2D eigenvalue weighted by atomic mass is 32.2. The normalized spacial score (nSPS) is 19.9. The predicted molar refractivity (Wildman–Crippen MR) is 112 cm³/mol. The van der Waals surface area contributed by atoms with Gasteiger partial charge >= 0.3 is 0 Å². The molecule has 1 aliphatic heterocycles. The molecule has 0 spiro atoms. The van der Waals surface area contributed by atoms with Gasteiger partial charge in [-0.3, -0.25) is 4.79 Å². The SMILES string of the molecule is CC(C)C(=O)N1CC[C@H](NS(C)(=O)=O)[C@@H]1Cc1cccc(-c2ccccc2)c1. The summed E-state index contributed by atoms with van der Waals surface area (Å²) < 4.78 is 26.4. The highest BCUT2D eigenvalue weighted by Crippen LogP contribution is 2.26.